The van der Waals surface area contributed by atoms with Crippen molar-refractivity contribution in [3.8, 4) is 0 Å². The van der Waals surface area contributed by atoms with Crippen molar-refractivity contribution < 1.29 is 14.0 Å². The van der Waals surface area contributed by atoms with Crippen LogP contribution in [0.2, 0.25) is 0 Å². The molecule has 3 aromatic rings. The first-order chi connectivity index (χ1) is 12.0. The van der Waals surface area contributed by atoms with E-state index in [0.717, 1.165) is 5.56 Å². The van der Waals surface area contributed by atoms with Crippen LogP contribution in [0.15, 0.2) is 35.0 Å². The van der Waals surface area contributed by atoms with Crippen LogP contribution in [0.3, 0.4) is 0 Å². The van der Waals surface area contributed by atoms with Crippen LogP contribution in [0.1, 0.15) is 11.4 Å². The Hall–Kier alpha value is -3.36. The Balaban J connectivity index is 1.68. The second-order valence-electron chi connectivity index (χ2n) is 5.97. The number of aromatic nitrogens is 3. The lowest BCUT2D eigenvalue weighted by atomic mass is 9.98. The third kappa shape index (κ3) is 2.32. The van der Waals surface area contributed by atoms with Gasteiger partial charge in [-0.05, 0) is 18.6 Å². The van der Waals surface area contributed by atoms with Crippen LogP contribution in [0, 0.1) is 6.92 Å². The molecule has 0 saturated carbocycles. The average Bonchev–Trinajstić information content (AvgIpc) is 3.24. The molecule has 2 aromatic heterocycles. The summed E-state index contributed by atoms with van der Waals surface area (Å²) in [7, 11) is 1.75. The van der Waals surface area contributed by atoms with E-state index in [4.69, 9.17) is 4.42 Å². The van der Waals surface area contributed by atoms with Gasteiger partial charge in [0, 0.05) is 19.4 Å². The Bertz CT molecular complexity index is 991. The van der Waals surface area contributed by atoms with Crippen molar-refractivity contribution in [3.63, 3.8) is 0 Å². The number of para-hydroxylation sites is 1. The molecule has 1 fully saturated rings. The van der Waals surface area contributed by atoms with Crippen molar-refractivity contribution in [2.45, 2.75) is 12.5 Å². The Kier molecular flexibility index (Phi) is 3.24. The number of anilines is 1. The summed E-state index contributed by atoms with van der Waals surface area (Å²) >= 11 is 0. The lowest BCUT2D eigenvalue weighted by Gasteiger charge is -2.25. The molecule has 3 amide bonds. The largest absolute Gasteiger partial charge is 0.423 e. The molecule has 1 aliphatic rings. The fraction of sp³-hybridized carbons (Fsp3) is 0.250. The van der Waals surface area contributed by atoms with Crippen molar-refractivity contribution in [2.24, 2.45) is 7.05 Å². The average molecular weight is 340 g/mol. The minimum Gasteiger partial charge on any atom is -0.423 e. The molecule has 4 rings (SSSR count). The van der Waals surface area contributed by atoms with Crippen molar-refractivity contribution in [1.29, 1.82) is 0 Å². The van der Waals surface area contributed by atoms with Crippen LogP contribution in [-0.4, -0.2) is 33.0 Å². The number of aryl methyl sites for hydroxylation is 2. The third-order valence-corrected chi connectivity index (χ3v) is 4.26. The molecular weight excluding hydrogens is 324 g/mol. The van der Waals surface area contributed by atoms with Crippen molar-refractivity contribution in [1.82, 2.24) is 25.2 Å². The van der Waals surface area contributed by atoms with Gasteiger partial charge in [0.15, 0.2) is 11.1 Å². The maximum absolute atomic E-state index is 12.5. The van der Waals surface area contributed by atoms with Gasteiger partial charge in [-0.25, -0.2) is 9.78 Å². The van der Waals surface area contributed by atoms with Gasteiger partial charge in [0.05, 0.1) is 6.54 Å². The van der Waals surface area contributed by atoms with Gasteiger partial charge in [0.1, 0.15) is 11.3 Å². The van der Waals surface area contributed by atoms with E-state index < -0.39 is 17.5 Å². The number of amides is 3. The molecule has 0 spiro atoms. The third-order valence-electron chi connectivity index (χ3n) is 4.26. The quantitative estimate of drug-likeness (QED) is 0.611. The highest BCUT2D eigenvalue weighted by Crippen LogP contribution is 2.26. The van der Waals surface area contributed by atoms with Gasteiger partial charge in [-0.2, -0.15) is 4.98 Å². The van der Waals surface area contributed by atoms with E-state index in [1.165, 1.54) is 0 Å². The molecule has 9 nitrogen and oxygen atoms in total. The number of imidazole rings is 1. The summed E-state index contributed by atoms with van der Waals surface area (Å²) < 4.78 is 7.40. The number of oxazole rings is 1. The van der Waals surface area contributed by atoms with Gasteiger partial charge in [0.25, 0.3) is 11.9 Å². The van der Waals surface area contributed by atoms with E-state index in [0.29, 0.717) is 16.9 Å². The number of hydrogen-bond acceptors (Lipinski definition) is 6. The minimum absolute atomic E-state index is 0.0430. The zero-order chi connectivity index (χ0) is 17.6. The topological polar surface area (TPSA) is 114 Å². The number of carbonyl (C=O) groups excluding carboxylic acids is 2. The predicted octanol–water partition coefficient (Wildman–Crippen LogP) is 1.02. The molecule has 1 aromatic carbocycles. The fourth-order valence-electron chi connectivity index (χ4n) is 3.00. The van der Waals surface area contributed by atoms with Crippen LogP contribution in [0.25, 0.3) is 11.1 Å². The van der Waals surface area contributed by atoms with Gasteiger partial charge in [-0.3, -0.25) is 10.1 Å². The SMILES string of the molecule is Cc1cccc2nc(NCC3(c4nccn4C)NC(=O)NC3=O)oc12. The first kappa shape index (κ1) is 15.2. The standard InChI is InChI=1S/C16H16N6O3/c1-9-4-3-5-10-11(9)25-15(19-10)18-8-16(12-17-6-7-22(12)2)13(23)20-14(24)21-16/h3-7H,8H2,1-2H3,(H,18,19)(H2,20,21,23,24). The summed E-state index contributed by atoms with van der Waals surface area (Å²) in [6.45, 7) is 1.97. The van der Waals surface area contributed by atoms with Crippen LogP contribution in [0.5, 0.6) is 0 Å². The molecule has 128 valence electrons. The molecule has 1 unspecified atom stereocenters. The van der Waals surface area contributed by atoms with E-state index in [-0.39, 0.29) is 12.6 Å². The molecule has 1 atom stereocenters. The number of fused-ring (bicyclic) bond motifs is 1. The van der Waals surface area contributed by atoms with Crippen molar-refractivity contribution in [2.75, 3.05) is 11.9 Å². The molecule has 0 radical (unpaired) electrons. The summed E-state index contributed by atoms with van der Waals surface area (Å²) in [4.78, 5) is 32.8. The second kappa shape index (κ2) is 5.33. The molecule has 0 bridgehead atoms. The highest BCUT2D eigenvalue weighted by molar-refractivity contribution is 6.07. The lowest BCUT2D eigenvalue weighted by molar-refractivity contribution is -0.124. The summed E-state index contributed by atoms with van der Waals surface area (Å²) in [6.07, 6.45) is 3.27. The number of nitrogens with one attached hydrogen (secondary N) is 3. The predicted molar refractivity (Wildman–Crippen MR) is 88.8 cm³/mol. The number of benzene rings is 1. The Morgan fingerprint density at radius 3 is 2.84 bits per heavy atom. The van der Waals surface area contributed by atoms with Crippen LogP contribution >= 0.6 is 0 Å². The summed E-state index contributed by atoms with van der Waals surface area (Å²) in [6, 6.07) is 5.37. The molecule has 1 aliphatic heterocycles. The normalized spacial score (nSPS) is 19.9. The fourth-order valence-corrected chi connectivity index (χ4v) is 3.00. The van der Waals surface area contributed by atoms with Crippen LogP contribution in [-0.2, 0) is 17.4 Å². The van der Waals surface area contributed by atoms with E-state index in [9.17, 15) is 9.59 Å². The Labute approximate surface area is 142 Å². The first-order valence-electron chi connectivity index (χ1n) is 7.71. The van der Waals surface area contributed by atoms with Gasteiger partial charge < -0.3 is 19.6 Å². The maximum atomic E-state index is 12.5. The number of urea groups is 1. The number of nitrogens with zero attached hydrogens (tertiary/aromatic N) is 3. The van der Waals surface area contributed by atoms with E-state index in [1.807, 2.05) is 25.1 Å². The zero-order valence-electron chi connectivity index (χ0n) is 13.7. The monoisotopic (exact) mass is 340 g/mol. The van der Waals surface area contributed by atoms with Gasteiger partial charge in [-0.15, -0.1) is 0 Å². The zero-order valence-corrected chi connectivity index (χ0v) is 13.7. The molecule has 0 aliphatic carbocycles. The van der Waals surface area contributed by atoms with Crippen molar-refractivity contribution in [3.05, 3.63) is 42.0 Å². The number of rotatable bonds is 4. The summed E-state index contributed by atoms with van der Waals surface area (Å²) in [5, 5.41) is 7.93. The minimum atomic E-state index is -1.34. The van der Waals surface area contributed by atoms with Crippen LogP contribution < -0.4 is 16.0 Å². The van der Waals surface area contributed by atoms with Gasteiger partial charge in [-0.1, -0.05) is 12.1 Å². The van der Waals surface area contributed by atoms with Crippen molar-refractivity contribution >= 4 is 29.1 Å². The summed E-state index contributed by atoms with van der Waals surface area (Å²) in [5.41, 5.74) is 1.01. The van der Waals surface area contributed by atoms with E-state index in [1.54, 1.807) is 24.0 Å². The number of carbonyl (C=O) groups is 2. The number of hydrogen-bond donors (Lipinski definition) is 3. The molecule has 9 heteroatoms. The number of imide groups is 1. The maximum Gasteiger partial charge on any atom is 0.322 e. The Morgan fingerprint density at radius 1 is 1.36 bits per heavy atom. The highest BCUT2D eigenvalue weighted by Gasteiger charge is 2.50. The molecule has 1 saturated heterocycles. The highest BCUT2D eigenvalue weighted by atomic mass is 16.4. The smallest absolute Gasteiger partial charge is 0.322 e. The lowest BCUT2D eigenvalue weighted by Crippen LogP contribution is -2.51. The van der Waals surface area contributed by atoms with Crippen LogP contribution in [0.4, 0.5) is 10.8 Å². The molecule has 3 N–H and O–H groups in total. The summed E-state index contributed by atoms with van der Waals surface area (Å²) in [5.74, 6) is -0.0674. The van der Waals surface area contributed by atoms with Gasteiger partial charge >= 0.3 is 6.03 Å². The second-order valence-corrected chi connectivity index (χ2v) is 5.97. The molecule has 3 heterocycles. The first-order valence-corrected chi connectivity index (χ1v) is 7.71. The van der Waals surface area contributed by atoms with E-state index in [2.05, 4.69) is 25.9 Å². The van der Waals surface area contributed by atoms with E-state index >= 15 is 0 Å². The van der Waals surface area contributed by atoms with Gasteiger partial charge in [0.2, 0.25) is 0 Å². The molecular formula is C16H16N6O3. The Morgan fingerprint density at radius 2 is 2.20 bits per heavy atom. The molecule has 25 heavy (non-hydrogen) atoms.